The van der Waals surface area contributed by atoms with E-state index in [9.17, 15) is 18.4 Å². The minimum Gasteiger partial charge on any atom is -0.378 e. The second-order valence-electron chi connectivity index (χ2n) is 6.54. The van der Waals surface area contributed by atoms with Crippen molar-refractivity contribution in [2.24, 2.45) is 0 Å². The lowest BCUT2D eigenvalue weighted by Gasteiger charge is -2.17. The minimum atomic E-state index is -0.729. The zero-order chi connectivity index (χ0) is 19.7. The Hall–Kier alpha value is -3.22. The summed E-state index contributed by atoms with van der Waals surface area (Å²) >= 11 is 0. The standard InChI is InChI=1S/C20H19F2N3O2/c1-12-16(21)8-14(9-17(12)22)23-18-10-19(26)25(20(18)27)11-13-4-6-15(7-5-13)24(2)3/h4-10,23H,11H2,1-3H3. The summed E-state index contributed by atoms with van der Waals surface area (Å²) in [7, 11) is 3.84. The van der Waals surface area contributed by atoms with E-state index < -0.39 is 23.4 Å². The quantitative estimate of drug-likeness (QED) is 0.820. The zero-order valence-corrected chi connectivity index (χ0v) is 15.2. The third kappa shape index (κ3) is 3.81. The molecule has 5 nitrogen and oxygen atoms in total. The van der Waals surface area contributed by atoms with Crippen molar-refractivity contribution in [3.63, 3.8) is 0 Å². The lowest BCUT2D eigenvalue weighted by atomic mass is 10.2. The van der Waals surface area contributed by atoms with Gasteiger partial charge in [0.25, 0.3) is 11.8 Å². The molecule has 3 rings (SSSR count). The highest BCUT2D eigenvalue weighted by Crippen LogP contribution is 2.23. The maximum absolute atomic E-state index is 13.7. The SMILES string of the molecule is Cc1c(F)cc(NC2=CC(=O)N(Cc3ccc(N(C)C)cc3)C2=O)cc1F. The molecule has 1 N–H and O–H groups in total. The van der Waals surface area contributed by atoms with Crippen LogP contribution in [-0.4, -0.2) is 30.8 Å². The maximum atomic E-state index is 13.7. The van der Waals surface area contributed by atoms with Crippen LogP contribution in [0.4, 0.5) is 20.2 Å². The van der Waals surface area contributed by atoms with Crippen LogP contribution >= 0.6 is 0 Å². The number of carbonyl (C=O) groups excluding carboxylic acids is 2. The van der Waals surface area contributed by atoms with E-state index in [2.05, 4.69) is 5.32 Å². The van der Waals surface area contributed by atoms with E-state index >= 15 is 0 Å². The van der Waals surface area contributed by atoms with Crippen molar-refractivity contribution in [1.29, 1.82) is 0 Å². The lowest BCUT2D eigenvalue weighted by molar-refractivity contribution is -0.137. The first-order valence-corrected chi connectivity index (χ1v) is 8.32. The van der Waals surface area contributed by atoms with E-state index in [0.717, 1.165) is 34.4 Å². The number of hydrogen-bond acceptors (Lipinski definition) is 4. The number of rotatable bonds is 5. The van der Waals surface area contributed by atoms with E-state index in [-0.39, 0.29) is 23.5 Å². The average Bonchev–Trinajstić information content (AvgIpc) is 2.87. The second-order valence-corrected chi connectivity index (χ2v) is 6.54. The summed E-state index contributed by atoms with van der Waals surface area (Å²) in [4.78, 5) is 27.7. The lowest BCUT2D eigenvalue weighted by Crippen LogP contribution is -2.31. The number of amides is 2. The number of hydrogen-bond donors (Lipinski definition) is 1. The summed E-state index contributed by atoms with van der Waals surface area (Å²) in [6, 6.07) is 9.63. The van der Waals surface area contributed by atoms with Gasteiger partial charge in [0.15, 0.2) is 0 Å². The van der Waals surface area contributed by atoms with E-state index in [0.29, 0.717) is 0 Å². The topological polar surface area (TPSA) is 52.7 Å². The predicted octanol–water partition coefficient (Wildman–Crippen LogP) is 3.20. The molecule has 27 heavy (non-hydrogen) atoms. The molecule has 2 aromatic rings. The molecule has 0 saturated carbocycles. The Kier molecular flexibility index (Phi) is 4.94. The molecule has 2 aromatic carbocycles. The van der Waals surface area contributed by atoms with Gasteiger partial charge in [0.05, 0.1) is 6.54 Å². The van der Waals surface area contributed by atoms with Crippen LogP contribution in [0.5, 0.6) is 0 Å². The fraction of sp³-hybridized carbons (Fsp3) is 0.200. The predicted molar refractivity (Wildman–Crippen MR) is 99.1 cm³/mol. The smallest absolute Gasteiger partial charge is 0.277 e. The van der Waals surface area contributed by atoms with Crippen molar-refractivity contribution in [2.75, 3.05) is 24.3 Å². The Labute approximate surface area is 155 Å². The number of anilines is 2. The molecule has 0 spiro atoms. The van der Waals surface area contributed by atoms with Gasteiger partial charge in [0, 0.05) is 37.1 Å². The molecule has 0 atom stereocenters. The van der Waals surface area contributed by atoms with Crippen molar-refractivity contribution >= 4 is 23.2 Å². The molecular formula is C20H19F2N3O2. The Morgan fingerprint density at radius 3 is 2.19 bits per heavy atom. The van der Waals surface area contributed by atoms with Gasteiger partial charge < -0.3 is 10.2 Å². The molecule has 0 bridgehead atoms. The number of benzene rings is 2. The molecule has 2 amide bonds. The molecule has 0 saturated heterocycles. The molecule has 140 valence electrons. The normalized spacial score (nSPS) is 13.8. The average molecular weight is 371 g/mol. The number of nitrogens with zero attached hydrogens (tertiary/aromatic N) is 2. The molecule has 1 aliphatic heterocycles. The summed E-state index contributed by atoms with van der Waals surface area (Å²) < 4.78 is 27.4. The molecule has 7 heteroatoms. The molecule has 1 heterocycles. The monoisotopic (exact) mass is 371 g/mol. The van der Waals surface area contributed by atoms with Gasteiger partial charge in [-0.2, -0.15) is 0 Å². The highest BCUT2D eigenvalue weighted by atomic mass is 19.1. The van der Waals surface area contributed by atoms with Crippen molar-refractivity contribution in [3.05, 3.63) is 70.9 Å². The van der Waals surface area contributed by atoms with Gasteiger partial charge in [-0.15, -0.1) is 0 Å². The van der Waals surface area contributed by atoms with E-state index in [1.165, 1.54) is 6.92 Å². The van der Waals surface area contributed by atoms with Crippen molar-refractivity contribution in [3.8, 4) is 0 Å². The molecule has 0 unspecified atom stereocenters. The van der Waals surface area contributed by atoms with Crippen molar-refractivity contribution < 1.29 is 18.4 Å². The van der Waals surface area contributed by atoms with Gasteiger partial charge in [-0.25, -0.2) is 8.78 Å². The third-order valence-electron chi connectivity index (χ3n) is 4.36. The van der Waals surface area contributed by atoms with Crippen LogP contribution in [-0.2, 0) is 16.1 Å². The van der Waals surface area contributed by atoms with Crippen LogP contribution in [0.15, 0.2) is 48.2 Å². The first-order valence-electron chi connectivity index (χ1n) is 8.32. The number of halogens is 2. The van der Waals surface area contributed by atoms with E-state index in [1.807, 2.05) is 43.3 Å². The fourth-order valence-corrected chi connectivity index (χ4v) is 2.70. The maximum Gasteiger partial charge on any atom is 0.277 e. The first-order chi connectivity index (χ1) is 12.8. The molecule has 0 fully saturated rings. The van der Waals surface area contributed by atoms with Gasteiger partial charge in [-0.1, -0.05) is 12.1 Å². The number of carbonyl (C=O) groups is 2. The van der Waals surface area contributed by atoms with Crippen molar-refractivity contribution in [1.82, 2.24) is 4.90 Å². The summed E-state index contributed by atoms with van der Waals surface area (Å²) in [6.07, 6.45) is 1.13. The van der Waals surface area contributed by atoms with E-state index in [4.69, 9.17) is 0 Å². The third-order valence-corrected chi connectivity index (χ3v) is 4.36. The minimum absolute atomic E-state index is 0.0208. The van der Waals surface area contributed by atoms with Crippen LogP contribution in [0.3, 0.4) is 0 Å². The highest BCUT2D eigenvalue weighted by molar-refractivity contribution is 6.17. The summed E-state index contributed by atoms with van der Waals surface area (Å²) in [5.74, 6) is -2.48. The summed E-state index contributed by atoms with van der Waals surface area (Å²) in [5, 5.41) is 2.63. The molecular weight excluding hydrogens is 352 g/mol. The Morgan fingerprint density at radius 1 is 1.04 bits per heavy atom. The van der Waals surface area contributed by atoms with Crippen LogP contribution in [0.1, 0.15) is 11.1 Å². The number of imide groups is 1. The molecule has 0 radical (unpaired) electrons. The first kappa shape index (κ1) is 18.6. The second kappa shape index (κ2) is 7.19. The van der Waals surface area contributed by atoms with Crippen molar-refractivity contribution in [2.45, 2.75) is 13.5 Å². The van der Waals surface area contributed by atoms with Crippen LogP contribution < -0.4 is 10.2 Å². The van der Waals surface area contributed by atoms with E-state index in [1.54, 1.807) is 0 Å². The Morgan fingerprint density at radius 2 is 1.63 bits per heavy atom. The summed E-state index contributed by atoms with van der Waals surface area (Å²) in [6.45, 7) is 1.44. The molecule has 1 aliphatic rings. The van der Waals surface area contributed by atoms with Gasteiger partial charge in [0.2, 0.25) is 0 Å². The van der Waals surface area contributed by atoms with Crippen LogP contribution in [0.25, 0.3) is 0 Å². The highest BCUT2D eigenvalue weighted by Gasteiger charge is 2.31. The zero-order valence-electron chi connectivity index (χ0n) is 15.2. The Bertz CT molecular complexity index is 914. The Balaban J connectivity index is 1.73. The van der Waals surface area contributed by atoms with Gasteiger partial charge in [0.1, 0.15) is 17.3 Å². The number of nitrogens with one attached hydrogen (secondary N) is 1. The van der Waals surface area contributed by atoms with Gasteiger partial charge >= 0.3 is 0 Å². The van der Waals surface area contributed by atoms with Crippen LogP contribution in [0.2, 0.25) is 0 Å². The molecule has 0 aliphatic carbocycles. The van der Waals surface area contributed by atoms with Gasteiger partial charge in [-0.05, 0) is 36.8 Å². The largest absolute Gasteiger partial charge is 0.378 e. The van der Waals surface area contributed by atoms with Gasteiger partial charge in [-0.3, -0.25) is 14.5 Å². The fourth-order valence-electron chi connectivity index (χ4n) is 2.70. The summed E-state index contributed by atoms with van der Waals surface area (Å²) in [5.41, 5.74) is 1.74. The van der Waals surface area contributed by atoms with Crippen LogP contribution in [0, 0.1) is 18.6 Å². The molecule has 0 aromatic heterocycles.